The van der Waals surface area contributed by atoms with Gasteiger partial charge >= 0.3 is 0 Å². The fourth-order valence-corrected chi connectivity index (χ4v) is 1.75. The number of rotatable bonds is 1. The van der Waals surface area contributed by atoms with Gasteiger partial charge in [-0.05, 0) is 12.1 Å². The SMILES string of the molecule is C[S@@](=O)c1ccccc1Cl. The van der Waals surface area contributed by atoms with E-state index in [9.17, 15) is 4.21 Å². The standard InChI is InChI=1S/C7H7ClOS/c1-10(9)7-5-3-2-4-6(7)8/h2-5H,1H3/t10-/m1/s1. The number of benzene rings is 1. The molecule has 0 aromatic heterocycles. The summed E-state index contributed by atoms with van der Waals surface area (Å²) in [6, 6.07) is 7.14. The van der Waals surface area contributed by atoms with Gasteiger partial charge in [-0.15, -0.1) is 0 Å². The predicted octanol–water partition coefficient (Wildman–Crippen LogP) is 2.08. The lowest BCUT2D eigenvalue weighted by molar-refractivity contribution is 0.687. The lowest BCUT2D eigenvalue weighted by Crippen LogP contribution is -1.86. The third-order valence-corrected chi connectivity index (χ3v) is 2.56. The topological polar surface area (TPSA) is 17.1 Å². The molecule has 0 aliphatic carbocycles. The minimum Gasteiger partial charge on any atom is -0.255 e. The molecule has 3 heteroatoms. The van der Waals surface area contributed by atoms with Gasteiger partial charge in [0.2, 0.25) is 0 Å². The Balaban J connectivity index is 3.15. The average molecular weight is 175 g/mol. The minimum atomic E-state index is -0.972. The van der Waals surface area contributed by atoms with E-state index in [4.69, 9.17) is 11.6 Å². The van der Waals surface area contributed by atoms with Crippen molar-refractivity contribution in [3.8, 4) is 0 Å². The van der Waals surface area contributed by atoms with E-state index in [-0.39, 0.29) is 0 Å². The van der Waals surface area contributed by atoms with E-state index in [2.05, 4.69) is 0 Å². The molecule has 0 aliphatic rings. The van der Waals surface area contributed by atoms with Crippen LogP contribution in [0.4, 0.5) is 0 Å². The molecule has 0 saturated carbocycles. The van der Waals surface area contributed by atoms with Crippen molar-refractivity contribution in [2.45, 2.75) is 4.90 Å². The highest BCUT2D eigenvalue weighted by Crippen LogP contribution is 2.17. The molecule has 0 radical (unpaired) electrons. The Hall–Kier alpha value is -0.340. The zero-order chi connectivity index (χ0) is 7.56. The van der Waals surface area contributed by atoms with Crippen LogP contribution >= 0.6 is 11.6 Å². The lowest BCUT2D eigenvalue weighted by Gasteiger charge is -1.96. The Morgan fingerprint density at radius 1 is 1.40 bits per heavy atom. The molecule has 0 fully saturated rings. The highest BCUT2D eigenvalue weighted by molar-refractivity contribution is 7.84. The first-order valence-electron chi connectivity index (χ1n) is 2.80. The van der Waals surface area contributed by atoms with Gasteiger partial charge in [0.1, 0.15) is 0 Å². The molecule has 1 aromatic carbocycles. The lowest BCUT2D eigenvalue weighted by atomic mass is 10.4. The summed E-state index contributed by atoms with van der Waals surface area (Å²) in [5.41, 5.74) is 0. The molecule has 0 bridgehead atoms. The van der Waals surface area contributed by atoms with Crippen LogP contribution in [0.15, 0.2) is 29.2 Å². The van der Waals surface area contributed by atoms with Crippen LogP contribution in [0.2, 0.25) is 5.02 Å². The summed E-state index contributed by atoms with van der Waals surface area (Å²) < 4.78 is 10.9. The molecule has 0 aliphatic heterocycles. The molecule has 54 valence electrons. The summed E-state index contributed by atoms with van der Waals surface area (Å²) in [6.07, 6.45) is 1.61. The predicted molar refractivity (Wildman–Crippen MR) is 43.8 cm³/mol. The summed E-state index contributed by atoms with van der Waals surface area (Å²) in [7, 11) is -0.972. The maximum absolute atomic E-state index is 10.9. The van der Waals surface area contributed by atoms with Crippen LogP contribution < -0.4 is 0 Å². The van der Waals surface area contributed by atoms with Crippen molar-refractivity contribution in [3.05, 3.63) is 29.3 Å². The third kappa shape index (κ3) is 1.58. The summed E-state index contributed by atoms with van der Waals surface area (Å²) in [6.45, 7) is 0. The van der Waals surface area contributed by atoms with Gasteiger partial charge in [0.15, 0.2) is 0 Å². The Kier molecular flexibility index (Phi) is 2.46. The first-order chi connectivity index (χ1) is 4.72. The van der Waals surface area contributed by atoms with E-state index >= 15 is 0 Å². The third-order valence-electron chi connectivity index (χ3n) is 1.15. The molecule has 1 rings (SSSR count). The van der Waals surface area contributed by atoms with Crippen LogP contribution in [0.5, 0.6) is 0 Å². The van der Waals surface area contributed by atoms with E-state index in [0.717, 1.165) is 0 Å². The van der Waals surface area contributed by atoms with E-state index in [1.165, 1.54) is 0 Å². The van der Waals surface area contributed by atoms with Gasteiger partial charge in [-0.1, -0.05) is 23.7 Å². The quantitative estimate of drug-likeness (QED) is 0.637. The maximum atomic E-state index is 10.9. The second kappa shape index (κ2) is 3.17. The number of hydrogen-bond donors (Lipinski definition) is 0. The van der Waals surface area contributed by atoms with E-state index in [1.807, 2.05) is 12.1 Å². The van der Waals surface area contributed by atoms with Crippen molar-refractivity contribution in [1.82, 2.24) is 0 Å². The van der Waals surface area contributed by atoms with Crippen LogP contribution in [-0.2, 0) is 10.8 Å². The van der Waals surface area contributed by atoms with Crippen molar-refractivity contribution in [1.29, 1.82) is 0 Å². The Bertz CT molecular complexity index is 260. The Labute approximate surface area is 67.5 Å². The van der Waals surface area contributed by atoms with E-state index in [0.29, 0.717) is 9.92 Å². The normalized spacial score (nSPS) is 13.0. The van der Waals surface area contributed by atoms with Gasteiger partial charge in [0, 0.05) is 6.26 Å². The maximum Gasteiger partial charge on any atom is 0.0571 e. The summed E-state index contributed by atoms with van der Waals surface area (Å²) in [4.78, 5) is 0.698. The highest BCUT2D eigenvalue weighted by Gasteiger charge is 2.00. The molecule has 0 amide bonds. The smallest absolute Gasteiger partial charge is 0.0571 e. The van der Waals surface area contributed by atoms with Gasteiger partial charge in [0.05, 0.1) is 20.7 Å². The van der Waals surface area contributed by atoms with Crippen LogP contribution in [0.1, 0.15) is 0 Å². The van der Waals surface area contributed by atoms with E-state index < -0.39 is 10.8 Å². The molecule has 0 heterocycles. The molecule has 0 saturated heterocycles. The molecule has 0 N–H and O–H groups in total. The van der Waals surface area contributed by atoms with Gasteiger partial charge in [-0.3, -0.25) is 4.21 Å². The van der Waals surface area contributed by atoms with Crippen molar-refractivity contribution in [2.75, 3.05) is 6.26 Å². The second-order valence-corrected chi connectivity index (χ2v) is 3.64. The molecule has 1 nitrogen and oxygen atoms in total. The van der Waals surface area contributed by atoms with Crippen molar-refractivity contribution >= 4 is 22.4 Å². The van der Waals surface area contributed by atoms with Gasteiger partial charge in [-0.25, -0.2) is 0 Å². The van der Waals surface area contributed by atoms with Crippen LogP contribution in [0.3, 0.4) is 0 Å². The van der Waals surface area contributed by atoms with Crippen LogP contribution in [-0.4, -0.2) is 10.5 Å². The number of halogens is 1. The molecule has 0 unspecified atom stereocenters. The van der Waals surface area contributed by atoms with E-state index in [1.54, 1.807) is 18.4 Å². The molecular weight excluding hydrogens is 168 g/mol. The van der Waals surface area contributed by atoms with Crippen molar-refractivity contribution < 1.29 is 4.21 Å². The number of hydrogen-bond acceptors (Lipinski definition) is 1. The Morgan fingerprint density at radius 3 is 2.40 bits per heavy atom. The van der Waals surface area contributed by atoms with Gasteiger partial charge in [0.25, 0.3) is 0 Å². The van der Waals surface area contributed by atoms with Gasteiger partial charge in [-0.2, -0.15) is 0 Å². The summed E-state index contributed by atoms with van der Waals surface area (Å²) in [5, 5.41) is 0.573. The molecule has 0 spiro atoms. The first kappa shape index (κ1) is 7.76. The zero-order valence-corrected chi connectivity index (χ0v) is 7.08. The monoisotopic (exact) mass is 174 g/mol. The molecular formula is C7H7ClOS. The summed E-state index contributed by atoms with van der Waals surface area (Å²) >= 11 is 5.73. The van der Waals surface area contributed by atoms with Crippen LogP contribution in [0.25, 0.3) is 0 Å². The average Bonchev–Trinajstić information content (AvgIpc) is 1.88. The molecule has 1 atom stereocenters. The fraction of sp³-hybridized carbons (Fsp3) is 0.143. The Morgan fingerprint density at radius 2 is 2.00 bits per heavy atom. The molecule has 10 heavy (non-hydrogen) atoms. The minimum absolute atomic E-state index is 0.573. The first-order valence-corrected chi connectivity index (χ1v) is 4.73. The highest BCUT2D eigenvalue weighted by atomic mass is 35.5. The van der Waals surface area contributed by atoms with Crippen molar-refractivity contribution in [3.63, 3.8) is 0 Å². The fourth-order valence-electron chi connectivity index (χ4n) is 0.678. The van der Waals surface area contributed by atoms with Crippen molar-refractivity contribution in [2.24, 2.45) is 0 Å². The van der Waals surface area contributed by atoms with Crippen LogP contribution in [0, 0.1) is 0 Å². The second-order valence-electron chi connectivity index (χ2n) is 1.88. The largest absolute Gasteiger partial charge is 0.255 e. The van der Waals surface area contributed by atoms with Gasteiger partial charge < -0.3 is 0 Å². The molecule has 1 aromatic rings. The summed E-state index contributed by atoms with van der Waals surface area (Å²) in [5.74, 6) is 0. The zero-order valence-electron chi connectivity index (χ0n) is 5.50.